The lowest BCUT2D eigenvalue weighted by Crippen LogP contribution is -2.27. The van der Waals surface area contributed by atoms with Crippen LogP contribution in [0.2, 0.25) is 10.0 Å². The van der Waals surface area contributed by atoms with Gasteiger partial charge in [0.2, 0.25) is 0 Å². The molecule has 0 saturated carbocycles. The molecule has 172 valence electrons. The van der Waals surface area contributed by atoms with Gasteiger partial charge in [-0.2, -0.15) is 0 Å². The molecule has 6 nitrogen and oxygen atoms in total. The molecule has 4 rings (SSSR count). The second-order valence-electron chi connectivity index (χ2n) is 7.18. The molecular formula is C25H17Cl2NO5S. The summed E-state index contributed by atoms with van der Waals surface area (Å²) in [6.07, 6.45) is 1.56. The van der Waals surface area contributed by atoms with Gasteiger partial charge in [0.15, 0.2) is 11.5 Å². The van der Waals surface area contributed by atoms with Crippen LogP contribution in [0.3, 0.4) is 0 Å². The summed E-state index contributed by atoms with van der Waals surface area (Å²) in [6, 6.07) is 18.4. The van der Waals surface area contributed by atoms with Crippen molar-refractivity contribution in [2.45, 2.75) is 6.54 Å². The molecule has 0 radical (unpaired) electrons. The Morgan fingerprint density at radius 2 is 1.79 bits per heavy atom. The van der Waals surface area contributed by atoms with Crippen LogP contribution in [-0.4, -0.2) is 29.1 Å². The molecule has 0 N–H and O–H groups in total. The van der Waals surface area contributed by atoms with Crippen LogP contribution in [0.15, 0.2) is 71.6 Å². The molecular weight excluding hydrogens is 497 g/mol. The quantitative estimate of drug-likeness (QED) is 0.214. The number of carbonyl (C=O) groups excluding carboxylic acids is 3. The molecule has 0 bridgehead atoms. The molecule has 0 spiro atoms. The number of thioether (sulfide) groups is 1. The first-order chi connectivity index (χ1) is 16.4. The summed E-state index contributed by atoms with van der Waals surface area (Å²) in [5.41, 5.74) is 1.50. The highest BCUT2D eigenvalue weighted by Crippen LogP contribution is 2.36. The minimum Gasteiger partial charge on any atom is -0.493 e. The van der Waals surface area contributed by atoms with Crippen molar-refractivity contribution in [1.29, 1.82) is 0 Å². The molecule has 1 aliphatic rings. The van der Waals surface area contributed by atoms with Gasteiger partial charge in [-0.1, -0.05) is 53.5 Å². The fourth-order valence-corrected chi connectivity index (χ4v) is 4.51. The van der Waals surface area contributed by atoms with Crippen molar-refractivity contribution >= 4 is 58.2 Å². The highest BCUT2D eigenvalue weighted by molar-refractivity contribution is 8.18. The van der Waals surface area contributed by atoms with E-state index in [1.807, 2.05) is 0 Å². The molecule has 3 aromatic rings. The molecule has 0 aliphatic carbocycles. The summed E-state index contributed by atoms with van der Waals surface area (Å²) >= 11 is 12.9. The normalized spacial score (nSPS) is 14.6. The lowest BCUT2D eigenvalue weighted by Gasteiger charge is -2.12. The number of amides is 2. The average molecular weight is 514 g/mol. The van der Waals surface area contributed by atoms with Crippen LogP contribution in [0.25, 0.3) is 6.08 Å². The Bertz CT molecular complexity index is 1320. The van der Waals surface area contributed by atoms with E-state index in [9.17, 15) is 14.4 Å². The minimum absolute atomic E-state index is 0.117. The highest BCUT2D eigenvalue weighted by atomic mass is 35.5. The number of nitrogens with zero attached hydrogens (tertiary/aromatic N) is 1. The van der Waals surface area contributed by atoms with Gasteiger partial charge in [-0.15, -0.1) is 0 Å². The fraction of sp³-hybridized carbons (Fsp3) is 0.0800. The van der Waals surface area contributed by atoms with E-state index in [0.29, 0.717) is 16.3 Å². The van der Waals surface area contributed by atoms with E-state index in [0.717, 1.165) is 22.2 Å². The Balaban J connectivity index is 1.57. The zero-order valence-corrected chi connectivity index (χ0v) is 20.1. The van der Waals surface area contributed by atoms with Crippen molar-refractivity contribution in [3.63, 3.8) is 0 Å². The van der Waals surface area contributed by atoms with E-state index >= 15 is 0 Å². The van der Waals surface area contributed by atoms with Crippen LogP contribution in [0.1, 0.15) is 21.5 Å². The number of esters is 1. The van der Waals surface area contributed by atoms with Crippen molar-refractivity contribution in [3.8, 4) is 11.5 Å². The molecule has 2 amide bonds. The predicted molar refractivity (Wildman–Crippen MR) is 132 cm³/mol. The maximum Gasteiger partial charge on any atom is 0.345 e. The standard InChI is InChI=1S/C25H17Cl2NO5S/c1-32-20-10-9-15(12-21(20)33-24(30)18-7-2-3-8-19(18)27)13-22-23(29)28(25(31)34-22)14-16-5-4-6-17(26)11-16/h2-13H,14H2,1H3/b22-13-. The summed E-state index contributed by atoms with van der Waals surface area (Å²) in [7, 11) is 1.45. The van der Waals surface area contributed by atoms with Crippen molar-refractivity contribution in [2.24, 2.45) is 0 Å². The zero-order chi connectivity index (χ0) is 24.2. The Labute approximate surface area is 210 Å². The summed E-state index contributed by atoms with van der Waals surface area (Å²) in [4.78, 5) is 39.3. The molecule has 34 heavy (non-hydrogen) atoms. The van der Waals surface area contributed by atoms with E-state index in [1.165, 1.54) is 7.11 Å². The van der Waals surface area contributed by atoms with Crippen LogP contribution in [0, 0.1) is 0 Å². The van der Waals surface area contributed by atoms with Crippen molar-refractivity contribution in [1.82, 2.24) is 4.90 Å². The third-order valence-electron chi connectivity index (χ3n) is 4.89. The van der Waals surface area contributed by atoms with E-state index in [2.05, 4.69) is 0 Å². The Morgan fingerprint density at radius 3 is 2.53 bits per heavy atom. The third-order valence-corrected chi connectivity index (χ3v) is 6.36. The maximum atomic E-state index is 12.9. The van der Waals surface area contributed by atoms with Crippen molar-refractivity contribution in [3.05, 3.63) is 98.4 Å². The van der Waals surface area contributed by atoms with Gasteiger partial charge in [0.05, 0.1) is 29.1 Å². The van der Waals surface area contributed by atoms with E-state index < -0.39 is 11.9 Å². The number of hydrogen-bond donors (Lipinski definition) is 0. The second kappa shape index (κ2) is 10.3. The fourth-order valence-electron chi connectivity index (χ4n) is 3.25. The Morgan fingerprint density at radius 1 is 1.00 bits per heavy atom. The summed E-state index contributed by atoms with van der Waals surface area (Å²) in [5.74, 6) is -0.589. The van der Waals surface area contributed by atoms with Crippen LogP contribution in [-0.2, 0) is 11.3 Å². The lowest BCUT2D eigenvalue weighted by atomic mass is 10.1. The van der Waals surface area contributed by atoms with Gasteiger partial charge in [0, 0.05) is 5.02 Å². The molecule has 1 fully saturated rings. The van der Waals surface area contributed by atoms with Crippen LogP contribution >= 0.6 is 35.0 Å². The number of methoxy groups -OCH3 is 1. The number of hydrogen-bond acceptors (Lipinski definition) is 6. The van der Waals surface area contributed by atoms with Gasteiger partial charge in [0.25, 0.3) is 11.1 Å². The number of benzene rings is 3. The lowest BCUT2D eigenvalue weighted by molar-refractivity contribution is -0.123. The first-order valence-corrected chi connectivity index (χ1v) is 11.6. The summed E-state index contributed by atoms with van der Waals surface area (Å²) in [5, 5.41) is 0.406. The molecule has 0 aromatic heterocycles. The molecule has 3 aromatic carbocycles. The minimum atomic E-state index is -0.650. The Hall–Kier alpha value is -3.26. The van der Waals surface area contributed by atoms with E-state index in [-0.39, 0.29) is 33.0 Å². The van der Waals surface area contributed by atoms with Crippen LogP contribution < -0.4 is 9.47 Å². The van der Waals surface area contributed by atoms with Crippen molar-refractivity contribution in [2.75, 3.05) is 7.11 Å². The van der Waals surface area contributed by atoms with Gasteiger partial charge < -0.3 is 9.47 Å². The van der Waals surface area contributed by atoms with E-state index in [4.69, 9.17) is 32.7 Å². The SMILES string of the molecule is COc1ccc(/C=C2\SC(=O)N(Cc3cccc(Cl)c3)C2=O)cc1OC(=O)c1ccccc1Cl. The highest BCUT2D eigenvalue weighted by Gasteiger charge is 2.35. The molecule has 9 heteroatoms. The first kappa shape index (κ1) is 23.9. The summed E-state index contributed by atoms with van der Waals surface area (Å²) < 4.78 is 10.8. The largest absolute Gasteiger partial charge is 0.493 e. The van der Waals surface area contributed by atoms with Gasteiger partial charge in [-0.05, 0) is 65.4 Å². The average Bonchev–Trinajstić information content (AvgIpc) is 3.07. The Kier molecular flexibility index (Phi) is 7.26. The van der Waals surface area contributed by atoms with Gasteiger partial charge in [-0.3, -0.25) is 14.5 Å². The molecule has 1 heterocycles. The van der Waals surface area contributed by atoms with Gasteiger partial charge in [-0.25, -0.2) is 4.79 Å². The molecule has 1 aliphatic heterocycles. The third kappa shape index (κ3) is 5.28. The van der Waals surface area contributed by atoms with E-state index in [1.54, 1.807) is 72.8 Å². The maximum absolute atomic E-state index is 12.9. The van der Waals surface area contributed by atoms with Crippen LogP contribution in [0.5, 0.6) is 11.5 Å². The smallest absolute Gasteiger partial charge is 0.345 e. The number of halogens is 2. The second-order valence-corrected chi connectivity index (χ2v) is 9.01. The zero-order valence-electron chi connectivity index (χ0n) is 17.8. The number of rotatable bonds is 6. The number of imide groups is 1. The number of carbonyl (C=O) groups is 3. The monoisotopic (exact) mass is 513 g/mol. The van der Waals surface area contributed by atoms with Gasteiger partial charge in [0.1, 0.15) is 0 Å². The summed E-state index contributed by atoms with van der Waals surface area (Å²) in [6.45, 7) is 0.117. The predicted octanol–water partition coefficient (Wildman–Crippen LogP) is 6.46. The van der Waals surface area contributed by atoms with Crippen LogP contribution in [0.4, 0.5) is 4.79 Å². The number of ether oxygens (including phenoxy) is 2. The topological polar surface area (TPSA) is 72.9 Å². The molecule has 0 atom stereocenters. The first-order valence-electron chi connectivity index (χ1n) is 10.0. The molecule has 0 unspecified atom stereocenters. The van der Waals surface area contributed by atoms with Gasteiger partial charge >= 0.3 is 5.97 Å². The molecule has 1 saturated heterocycles. The van der Waals surface area contributed by atoms with Crippen molar-refractivity contribution < 1.29 is 23.9 Å².